The number of methoxy groups -OCH3 is 1. The zero-order valence-electron chi connectivity index (χ0n) is 19.1. The summed E-state index contributed by atoms with van der Waals surface area (Å²) < 4.78 is 18.8. The quantitative estimate of drug-likeness (QED) is 0.296. The van der Waals surface area contributed by atoms with Crippen LogP contribution in [0.5, 0.6) is 11.5 Å². The molecule has 4 aromatic rings. The zero-order valence-corrected chi connectivity index (χ0v) is 19.1. The molecule has 0 aliphatic carbocycles. The van der Waals surface area contributed by atoms with E-state index in [2.05, 4.69) is 0 Å². The van der Waals surface area contributed by atoms with Crippen LogP contribution in [-0.4, -0.2) is 23.4 Å². The van der Waals surface area contributed by atoms with Crippen molar-refractivity contribution in [3.05, 3.63) is 100 Å². The van der Waals surface area contributed by atoms with Gasteiger partial charge < -0.3 is 18.8 Å². The summed E-state index contributed by atoms with van der Waals surface area (Å²) in [6, 6.07) is 18.6. The second-order valence-electron chi connectivity index (χ2n) is 8.19. The molecule has 5 rings (SSSR count). The van der Waals surface area contributed by atoms with Crippen LogP contribution in [0.2, 0.25) is 0 Å². The molecule has 6 nitrogen and oxygen atoms in total. The number of ether oxygens (including phenoxy) is 3. The number of carbonyl (C=O) groups is 2. The van der Waals surface area contributed by atoms with Crippen LogP contribution in [0.15, 0.2) is 72.6 Å². The van der Waals surface area contributed by atoms with Crippen molar-refractivity contribution in [2.45, 2.75) is 13.5 Å². The molecule has 1 aromatic heterocycles. The number of hydrogen-bond donors (Lipinski definition) is 0. The van der Waals surface area contributed by atoms with Gasteiger partial charge in [0.15, 0.2) is 5.76 Å². The number of para-hydroxylation sites is 1. The van der Waals surface area contributed by atoms with Gasteiger partial charge in [-0.1, -0.05) is 30.3 Å². The predicted octanol–water partition coefficient (Wildman–Crippen LogP) is 5.47. The van der Waals surface area contributed by atoms with Crippen molar-refractivity contribution in [1.82, 2.24) is 4.57 Å². The Morgan fingerprint density at radius 3 is 2.59 bits per heavy atom. The third-order valence-electron chi connectivity index (χ3n) is 6.02. The number of benzene rings is 3. The number of Topliss-reactive ketones (excluding diaryl/α,β-unsaturated/α-hetero) is 1. The van der Waals surface area contributed by atoms with E-state index in [0.717, 1.165) is 27.6 Å². The van der Waals surface area contributed by atoms with Gasteiger partial charge in [0.25, 0.3) is 0 Å². The maximum Gasteiger partial charge on any atom is 0.337 e. The second kappa shape index (κ2) is 8.56. The van der Waals surface area contributed by atoms with Gasteiger partial charge in [-0.15, -0.1) is 0 Å². The first-order chi connectivity index (χ1) is 16.5. The van der Waals surface area contributed by atoms with E-state index >= 15 is 0 Å². The SMILES string of the molecule is COC(=O)c1ccc(COc2ccc3c(c2C)O/C(=C\c2cn(C)c4ccccc24)C3=O)cc1. The summed E-state index contributed by atoms with van der Waals surface area (Å²) in [5, 5.41) is 1.06. The van der Waals surface area contributed by atoms with Crippen LogP contribution in [0.3, 0.4) is 0 Å². The Labute approximate surface area is 197 Å². The largest absolute Gasteiger partial charge is 0.488 e. The number of rotatable bonds is 5. The number of aromatic nitrogens is 1. The van der Waals surface area contributed by atoms with Crippen LogP contribution in [0, 0.1) is 6.92 Å². The van der Waals surface area contributed by atoms with E-state index < -0.39 is 0 Å². The summed E-state index contributed by atoms with van der Waals surface area (Å²) in [5.74, 6) is 0.933. The highest BCUT2D eigenvalue weighted by Gasteiger charge is 2.30. The van der Waals surface area contributed by atoms with Crippen LogP contribution >= 0.6 is 0 Å². The first-order valence-electron chi connectivity index (χ1n) is 10.9. The van der Waals surface area contributed by atoms with E-state index in [1.807, 2.05) is 61.1 Å². The Bertz CT molecular complexity index is 1460. The summed E-state index contributed by atoms with van der Waals surface area (Å²) >= 11 is 0. The minimum atomic E-state index is -0.379. The van der Waals surface area contributed by atoms with E-state index in [0.29, 0.717) is 35.0 Å². The van der Waals surface area contributed by atoms with Crippen molar-refractivity contribution in [2.24, 2.45) is 7.05 Å². The maximum atomic E-state index is 13.0. The molecule has 0 saturated carbocycles. The zero-order chi connectivity index (χ0) is 23.8. The number of ketones is 1. The molecule has 0 amide bonds. The fraction of sp³-hybridized carbons (Fsp3) is 0.143. The Morgan fingerprint density at radius 2 is 1.82 bits per heavy atom. The lowest BCUT2D eigenvalue weighted by Crippen LogP contribution is -2.02. The van der Waals surface area contributed by atoms with E-state index in [1.165, 1.54) is 7.11 Å². The normalized spacial score (nSPS) is 13.7. The molecule has 1 aliphatic heterocycles. The van der Waals surface area contributed by atoms with Crippen molar-refractivity contribution in [3.8, 4) is 11.5 Å². The second-order valence-corrected chi connectivity index (χ2v) is 8.19. The number of nitrogens with zero attached hydrogens (tertiary/aromatic N) is 1. The predicted molar refractivity (Wildman–Crippen MR) is 129 cm³/mol. The van der Waals surface area contributed by atoms with Crippen LogP contribution < -0.4 is 9.47 Å². The molecule has 0 spiro atoms. The molecule has 0 N–H and O–H groups in total. The monoisotopic (exact) mass is 453 g/mol. The molecule has 34 heavy (non-hydrogen) atoms. The summed E-state index contributed by atoms with van der Waals surface area (Å²) in [5.41, 5.74) is 4.69. The fourth-order valence-electron chi connectivity index (χ4n) is 4.17. The van der Waals surface area contributed by atoms with Gasteiger partial charge in [0.2, 0.25) is 5.78 Å². The Morgan fingerprint density at radius 1 is 1.06 bits per heavy atom. The molecule has 0 unspecified atom stereocenters. The molecule has 0 bridgehead atoms. The molecule has 6 heteroatoms. The molecular weight excluding hydrogens is 430 g/mol. The number of aryl methyl sites for hydroxylation is 1. The highest BCUT2D eigenvalue weighted by atomic mass is 16.5. The van der Waals surface area contributed by atoms with Crippen molar-refractivity contribution >= 4 is 28.7 Å². The Hall–Kier alpha value is -4.32. The number of esters is 1. The molecule has 1 aliphatic rings. The fourth-order valence-corrected chi connectivity index (χ4v) is 4.17. The number of allylic oxidation sites excluding steroid dienone is 1. The number of hydrogen-bond acceptors (Lipinski definition) is 5. The van der Waals surface area contributed by atoms with Crippen molar-refractivity contribution in [2.75, 3.05) is 7.11 Å². The number of fused-ring (bicyclic) bond motifs is 2. The van der Waals surface area contributed by atoms with Gasteiger partial charge in [-0.3, -0.25) is 4.79 Å². The third-order valence-corrected chi connectivity index (χ3v) is 6.02. The van der Waals surface area contributed by atoms with Gasteiger partial charge in [0.1, 0.15) is 18.1 Å². The lowest BCUT2D eigenvalue weighted by molar-refractivity contribution is 0.0600. The molecule has 2 heterocycles. The van der Waals surface area contributed by atoms with Gasteiger partial charge in [-0.2, -0.15) is 0 Å². The first-order valence-corrected chi connectivity index (χ1v) is 10.9. The van der Waals surface area contributed by atoms with Crippen LogP contribution in [-0.2, 0) is 18.4 Å². The number of carbonyl (C=O) groups excluding carboxylic acids is 2. The van der Waals surface area contributed by atoms with Gasteiger partial charge in [-0.25, -0.2) is 4.79 Å². The topological polar surface area (TPSA) is 66.8 Å². The molecule has 0 saturated heterocycles. The van der Waals surface area contributed by atoms with Gasteiger partial charge in [0, 0.05) is 35.3 Å². The van der Waals surface area contributed by atoms with Gasteiger partial charge in [-0.05, 0) is 48.9 Å². The molecule has 0 radical (unpaired) electrons. The molecule has 0 fully saturated rings. The van der Waals surface area contributed by atoms with Crippen LogP contribution in [0.25, 0.3) is 17.0 Å². The van der Waals surface area contributed by atoms with E-state index in [4.69, 9.17) is 14.2 Å². The van der Waals surface area contributed by atoms with Crippen LogP contribution in [0.1, 0.15) is 37.4 Å². The minimum Gasteiger partial charge on any atom is -0.488 e. The molecule has 3 aromatic carbocycles. The lowest BCUT2D eigenvalue weighted by atomic mass is 10.1. The lowest BCUT2D eigenvalue weighted by Gasteiger charge is -2.11. The van der Waals surface area contributed by atoms with Gasteiger partial charge in [0.05, 0.1) is 18.2 Å². The summed E-state index contributed by atoms with van der Waals surface area (Å²) in [6.07, 6.45) is 3.79. The first kappa shape index (κ1) is 21.5. The Kier molecular flexibility index (Phi) is 5.42. The average molecular weight is 453 g/mol. The van der Waals surface area contributed by atoms with E-state index in [1.54, 1.807) is 30.3 Å². The maximum absolute atomic E-state index is 13.0. The average Bonchev–Trinajstić information content (AvgIpc) is 3.35. The van der Waals surface area contributed by atoms with E-state index in [9.17, 15) is 9.59 Å². The summed E-state index contributed by atoms with van der Waals surface area (Å²) in [6.45, 7) is 2.19. The third kappa shape index (κ3) is 3.73. The molecule has 170 valence electrons. The summed E-state index contributed by atoms with van der Waals surface area (Å²) in [7, 11) is 3.33. The summed E-state index contributed by atoms with van der Waals surface area (Å²) in [4.78, 5) is 24.6. The van der Waals surface area contributed by atoms with Crippen molar-refractivity contribution < 1.29 is 23.8 Å². The van der Waals surface area contributed by atoms with Crippen molar-refractivity contribution in [1.29, 1.82) is 0 Å². The van der Waals surface area contributed by atoms with Crippen LogP contribution in [0.4, 0.5) is 0 Å². The smallest absolute Gasteiger partial charge is 0.337 e. The van der Waals surface area contributed by atoms with Gasteiger partial charge >= 0.3 is 5.97 Å². The molecule has 0 atom stereocenters. The van der Waals surface area contributed by atoms with Crippen molar-refractivity contribution in [3.63, 3.8) is 0 Å². The highest BCUT2D eigenvalue weighted by Crippen LogP contribution is 2.40. The van der Waals surface area contributed by atoms with E-state index in [-0.39, 0.29) is 11.8 Å². The highest BCUT2D eigenvalue weighted by molar-refractivity contribution is 6.15. The minimum absolute atomic E-state index is 0.143. The Balaban J connectivity index is 1.37. The standard InChI is InChI=1S/C28H23NO5/c1-17-24(33-16-18-8-10-19(11-9-18)28(31)32-3)13-12-22-26(30)25(34-27(17)22)14-20-15-29(2)23-7-5-4-6-21(20)23/h4-15H,16H2,1-3H3/b25-14-. The molecular formula is C28H23NO5.